The van der Waals surface area contributed by atoms with Gasteiger partial charge in [-0.3, -0.25) is 9.59 Å². The molecule has 158 valence electrons. The second kappa shape index (κ2) is 8.57. The van der Waals surface area contributed by atoms with Crippen LogP contribution in [0.15, 0.2) is 48.5 Å². The van der Waals surface area contributed by atoms with Crippen molar-refractivity contribution in [1.29, 1.82) is 0 Å². The summed E-state index contributed by atoms with van der Waals surface area (Å²) in [5.41, 5.74) is 3.63. The van der Waals surface area contributed by atoms with Gasteiger partial charge in [-0.25, -0.2) is 4.79 Å². The van der Waals surface area contributed by atoms with Crippen LogP contribution in [0.1, 0.15) is 44.2 Å². The van der Waals surface area contributed by atoms with Gasteiger partial charge in [-0.15, -0.1) is 0 Å². The lowest BCUT2D eigenvalue weighted by Gasteiger charge is -2.26. The minimum atomic E-state index is -1.12. The van der Waals surface area contributed by atoms with Gasteiger partial charge in [0.15, 0.2) is 0 Å². The van der Waals surface area contributed by atoms with Crippen molar-refractivity contribution in [3.8, 4) is 11.1 Å². The van der Waals surface area contributed by atoms with Gasteiger partial charge in [0.05, 0.1) is 0 Å². The molecule has 1 unspecified atom stereocenters. The molecule has 7 heteroatoms. The maximum absolute atomic E-state index is 12.4. The van der Waals surface area contributed by atoms with Crippen molar-refractivity contribution in [2.24, 2.45) is 0 Å². The molecule has 0 spiro atoms. The monoisotopic (exact) mass is 410 g/mol. The molecular formula is C23H26N2O5. The van der Waals surface area contributed by atoms with Gasteiger partial charge >= 0.3 is 12.1 Å². The van der Waals surface area contributed by atoms with Crippen molar-refractivity contribution >= 4 is 18.0 Å². The number of benzene rings is 2. The topological polar surface area (TPSA) is 105 Å². The van der Waals surface area contributed by atoms with Gasteiger partial charge < -0.3 is 20.5 Å². The fourth-order valence-corrected chi connectivity index (χ4v) is 3.71. The van der Waals surface area contributed by atoms with E-state index < -0.39 is 29.6 Å². The average molecular weight is 410 g/mol. The van der Waals surface area contributed by atoms with E-state index in [4.69, 9.17) is 9.84 Å². The highest BCUT2D eigenvalue weighted by molar-refractivity contribution is 5.84. The highest BCUT2D eigenvalue weighted by atomic mass is 16.5. The molecule has 0 aliphatic heterocycles. The third kappa shape index (κ3) is 4.79. The molecule has 0 fully saturated rings. The molecule has 1 atom stereocenters. The minimum absolute atomic E-state index is 0.0500. The number of fused-ring (bicyclic) bond motifs is 3. The first-order valence-electron chi connectivity index (χ1n) is 9.83. The Labute approximate surface area is 175 Å². The molecule has 3 rings (SSSR count). The Morgan fingerprint density at radius 2 is 1.57 bits per heavy atom. The van der Waals surface area contributed by atoms with Crippen molar-refractivity contribution in [1.82, 2.24) is 10.6 Å². The number of hydrogen-bond donors (Lipinski definition) is 3. The second-order valence-electron chi connectivity index (χ2n) is 8.14. The van der Waals surface area contributed by atoms with E-state index in [1.165, 1.54) is 6.92 Å². The van der Waals surface area contributed by atoms with Crippen LogP contribution in [0.4, 0.5) is 4.79 Å². The Morgan fingerprint density at radius 1 is 1.03 bits per heavy atom. The van der Waals surface area contributed by atoms with Crippen LogP contribution in [0.3, 0.4) is 0 Å². The van der Waals surface area contributed by atoms with Crippen molar-refractivity contribution in [2.75, 3.05) is 6.61 Å². The number of amides is 2. The summed E-state index contributed by atoms with van der Waals surface area (Å²) < 4.78 is 5.50. The quantitative estimate of drug-likeness (QED) is 0.650. The largest absolute Gasteiger partial charge is 0.480 e. The lowest BCUT2D eigenvalue weighted by Crippen LogP contribution is -2.49. The number of carboxylic acid groups (broad SMARTS) is 1. The van der Waals surface area contributed by atoms with E-state index in [1.807, 2.05) is 36.4 Å². The number of carbonyl (C=O) groups excluding carboxylic acids is 2. The molecule has 1 aliphatic rings. The summed E-state index contributed by atoms with van der Waals surface area (Å²) in [6.07, 6.45) is -0.699. The smallest absolute Gasteiger partial charge is 0.407 e. The molecule has 0 saturated heterocycles. The van der Waals surface area contributed by atoms with E-state index in [2.05, 4.69) is 22.8 Å². The van der Waals surface area contributed by atoms with Gasteiger partial charge in [0, 0.05) is 17.9 Å². The van der Waals surface area contributed by atoms with Gasteiger partial charge in [0.25, 0.3) is 0 Å². The molecule has 2 aromatic carbocycles. The Morgan fingerprint density at radius 3 is 2.10 bits per heavy atom. The second-order valence-corrected chi connectivity index (χ2v) is 8.14. The molecule has 0 heterocycles. The molecule has 1 aliphatic carbocycles. The number of ether oxygens (including phenoxy) is 1. The molecular weight excluding hydrogens is 384 g/mol. The number of aliphatic carboxylic acids is 1. The van der Waals surface area contributed by atoms with Crippen molar-refractivity contribution in [3.63, 3.8) is 0 Å². The van der Waals surface area contributed by atoms with Crippen LogP contribution in [0.5, 0.6) is 0 Å². The Kier molecular flexibility index (Phi) is 6.10. The number of hydrogen-bond acceptors (Lipinski definition) is 4. The minimum Gasteiger partial charge on any atom is -0.480 e. The lowest BCUT2D eigenvalue weighted by atomic mass is 9.98. The van der Waals surface area contributed by atoms with Gasteiger partial charge in [-0.2, -0.15) is 0 Å². The Bertz CT molecular complexity index is 924. The molecule has 7 nitrogen and oxygen atoms in total. The van der Waals surface area contributed by atoms with Crippen LogP contribution in [0.25, 0.3) is 11.1 Å². The van der Waals surface area contributed by atoms with Gasteiger partial charge in [0.1, 0.15) is 12.6 Å². The van der Waals surface area contributed by atoms with E-state index in [0.717, 1.165) is 22.3 Å². The van der Waals surface area contributed by atoms with Gasteiger partial charge in [-0.1, -0.05) is 48.5 Å². The van der Waals surface area contributed by atoms with Gasteiger partial charge in [0.2, 0.25) is 5.91 Å². The number of carbonyl (C=O) groups is 3. The molecule has 2 amide bonds. The summed E-state index contributed by atoms with van der Waals surface area (Å²) in [6.45, 7) is 4.92. The SMILES string of the molecule is CC(NC(=O)CC(C)(C)NC(=O)OCC1c2ccccc2-c2ccccc21)C(=O)O. The first-order chi connectivity index (χ1) is 14.2. The van der Waals surface area contributed by atoms with Crippen LogP contribution >= 0.6 is 0 Å². The highest BCUT2D eigenvalue weighted by Crippen LogP contribution is 2.44. The van der Waals surface area contributed by atoms with Crippen LogP contribution in [0.2, 0.25) is 0 Å². The molecule has 0 radical (unpaired) electrons. The molecule has 2 aromatic rings. The third-order valence-corrected chi connectivity index (χ3v) is 5.13. The Balaban J connectivity index is 1.59. The normalized spacial score (nSPS) is 13.7. The van der Waals surface area contributed by atoms with Crippen LogP contribution in [0, 0.1) is 0 Å². The molecule has 3 N–H and O–H groups in total. The summed E-state index contributed by atoms with van der Waals surface area (Å²) in [5, 5.41) is 14.0. The zero-order valence-electron chi connectivity index (χ0n) is 17.3. The number of rotatable bonds is 7. The number of carboxylic acids is 1. The summed E-state index contributed by atoms with van der Waals surface area (Å²) in [4.78, 5) is 35.3. The fourth-order valence-electron chi connectivity index (χ4n) is 3.71. The zero-order valence-corrected chi connectivity index (χ0v) is 17.3. The summed E-state index contributed by atoms with van der Waals surface area (Å²) >= 11 is 0. The Hall–Kier alpha value is -3.35. The zero-order chi connectivity index (χ0) is 21.9. The molecule has 0 aromatic heterocycles. The van der Waals surface area contributed by atoms with Crippen LogP contribution < -0.4 is 10.6 Å². The van der Waals surface area contributed by atoms with E-state index in [9.17, 15) is 14.4 Å². The predicted octanol–water partition coefficient (Wildman–Crippen LogP) is 3.28. The molecule has 0 saturated carbocycles. The molecule has 30 heavy (non-hydrogen) atoms. The van der Waals surface area contributed by atoms with Crippen LogP contribution in [-0.2, 0) is 14.3 Å². The van der Waals surface area contributed by atoms with Crippen molar-refractivity contribution in [2.45, 2.75) is 44.7 Å². The third-order valence-electron chi connectivity index (χ3n) is 5.13. The number of alkyl carbamates (subject to hydrolysis) is 1. The van der Waals surface area contributed by atoms with Crippen molar-refractivity contribution < 1.29 is 24.2 Å². The maximum Gasteiger partial charge on any atom is 0.407 e. The summed E-state index contributed by atoms with van der Waals surface area (Å²) in [7, 11) is 0. The summed E-state index contributed by atoms with van der Waals surface area (Å²) in [5.74, 6) is -1.63. The first kappa shape index (κ1) is 21.4. The predicted molar refractivity (Wildman–Crippen MR) is 112 cm³/mol. The number of nitrogens with one attached hydrogen (secondary N) is 2. The average Bonchev–Trinajstić information content (AvgIpc) is 2.99. The highest BCUT2D eigenvalue weighted by Gasteiger charge is 2.30. The van der Waals surface area contributed by atoms with Gasteiger partial charge in [-0.05, 0) is 43.0 Å². The van der Waals surface area contributed by atoms with Crippen molar-refractivity contribution in [3.05, 3.63) is 59.7 Å². The van der Waals surface area contributed by atoms with Crippen LogP contribution in [-0.4, -0.2) is 41.3 Å². The molecule has 0 bridgehead atoms. The van der Waals surface area contributed by atoms with E-state index in [-0.39, 0.29) is 18.9 Å². The maximum atomic E-state index is 12.4. The first-order valence-corrected chi connectivity index (χ1v) is 9.83. The standard InChI is InChI=1S/C23H26N2O5/c1-14(21(27)28)24-20(26)12-23(2,3)25-22(29)30-13-19-17-10-6-4-8-15(17)16-9-5-7-11-18(16)19/h4-11,14,19H,12-13H2,1-3H3,(H,24,26)(H,25,29)(H,27,28). The van der Waals surface area contributed by atoms with E-state index in [1.54, 1.807) is 13.8 Å². The summed E-state index contributed by atoms with van der Waals surface area (Å²) in [6, 6.07) is 15.1. The lowest BCUT2D eigenvalue weighted by molar-refractivity contribution is -0.141. The fraction of sp³-hybridized carbons (Fsp3) is 0.348. The van der Waals surface area contributed by atoms with E-state index in [0.29, 0.717) is 0 Å². The van der Waals surface area contributed by atoms with E-state index >= 15 is 0 Å².